The fraction of sp³-hybridized carbons (Fsp3) is 0.647. The zero-order valence-corrected chi connectivity index (χ0v) is 12.7. The van der Waals surface area contributed by atoms with Crippen LogP contribution in [0.25, 0.3) is 0 Å². The number of rotatable bonds is 5. The van der Waals surface area contributed by atoms with Crippen LogP contribution in [0.5, 0.6) is 5.75 Å². The van der Waals surface area contributed by atoms with E-state index in [1.807, 2.05) is 0 Å². The van der Waals surface area contributed by atoms with Crippen LogP contribution in [0.3, 0.4) is 0 Å². The average Bonchev–Trinajstić information content (AvgIpc) is 3.24. The minimum Gasteiger partial charge on any atom is -0.491 e. The standard InChI is InChI=1S/C17H26N2O/c1-17(2,12-18-14-8-9-14)13-19-10-5-11-20-16-7-4-3-6-15(16)19/h3-4,6-7,14,18H,5,8-13H2,1-2H3. The molecule has 0 atom stereocenters. The molecule has 3 heteroatoms. The summed E-state index contributed by atoms with van der Waals surface area (Å²) in [6, 6.07) is 9.22. The number of benzene rings is 1. The van der Waals surface area contributed by atoms with Gasteiger partial charge in [-0.05, 0) is 36.8 Å². The van der Waals surface area contributed by atoms with Crippen molar-refractivity contribution < 1.29 is 4.74 Å². The van der Waals surface area contributed by atoms with Gasteiger partial charge in [0.25, 0.3) is 0 Å². The summed E-state index contributed by atoms with van der Waals surface area (Å²) in [5.41, 5.74) is 1.53. The molecule has 1 aromatic rings. The van der Waals surface area contributed by atoms with Gasteiger partial charge in [-0.15, -0.1) is 0 Å². The zero-order valence-electron chi connectivity index (χ0n) is 12.7. The van der Waals surface area contributed by atoms with Gasteiger partial charge in [-0.25, -0.2) is 0 Å². The third-order valence-electron chi connectivity index (χ3n) is 4.10. The molecule has 1 N–H and O–H groups in total. The molecule has 3 rings (SSSR count). The normalized spacial score (nSPS) is 19.2. The summed E-state index contributed by atoms with van der Waals surface area (Å²) in [7, 11) is 0. The zero-order chi connectivity index (χ0) is 14.0. The maximum Gasteiger partial charge on any atom is 0.142 e. The van der Waals surface area contributed by atoms with Crippen molar-refractivity contribution in [3.05, 3.63) is 24.3 Å². The predicted octanol–water partition coefficient (Wildman–Crippen LogP) is 3.05. The number of ether oxygens (including phenoxy) is 1. The molecular weight excluding hydrogens is 248 g/mol. The number of nitrogens with zero attached hydrogens (tertiary/aromatic N) is 1. The van der Waals surface area contributed by atoms with Gasteiger partial charge >= 0.3 is 0 Å². The van der Waals surface area contributed by atoms with Gasteiger partial charge in [0.1, 0.15) is 5.75 Å². The predicted molar refractivity (Wildman–Crippen MR) is 83.6 cm³/mol. The highest BCUT2D eigenvalue weighted by Gasteiger charge is 2.28. The minimum atomic E-state index is 0.278. The van der Waals surface area contributed by atoms with E-state index in [1.54, 1.807) is 0 Å². The van der Waals surface area contributed by atoms with E-state index in [9.17, 15) is 0 Å². The van der Waals surface area contributed by atoms with Crippen molar-refractivity contribution in [3.8, 4) is 5.75 Å². The molecule has 1 saturated carbocycles. The molecule has 0 aromatic heterocycles. The van der Waals surface area contributed by atoms with E-state index in [4.69, 9.17) is 4.74 Å². The van der Waals surface area contributed by atoms with E-state index >= 15 is 0 Å². The van der Waals surface area contributed by atoms with Crippen LogP contribution in [0.1, 0.15) is 33.1 Å². The van der Waals surface area contributed by atoms with Crippen molar-refractivity contribution >= 4 is 5.69 Å². The quantitative estimate of drug-likeness (QED) is 0.893. The summed E-state index contributed by atoms with van der Waals surface area (Å²) in [5, 5.41) is 3.67. The van der Waals surface area contributed by atoms with Gasteiger partial charge in [0, 0.05) is 25.7 Å². The van der Waals surface area contributed by atoms with Gasteiger partial charge in [0.2, 0.25) is 0 Å². The smallest absolute Gasteiger partial charge is 0.142 e. The first-order chi connectivity index (χ1) is 9.64. The Kier molecular flexibility index (Phi) is 3.88. The highest BCUT2D eigenvalue weighted by Crippen LogP contribution is 2.33. The number of anilines is 1. The van der Waals surface area contributed by atoms with E-state index in [1.165, 1.54) is 18.5 Å². The average molecular weight is 274 g/mol. The largest absolute Gasteiger partial charge is 0.491 e. The molecule has 0 radical (unpaired) electrons. The highest BCUT2D eigenvalue weighted by atomic mass is 16.5. The lowest BCUT2D eigenvalue weighted by Crippen LogP contribution is -2.41. The maximum atomic E-state index is 5.84. The number of nitrogens with one attached hydrogen (secondary N) is 1. The first-order valence-electron chi connectivity index (χ1n) is 7.84. The van der Waals surface area contributed by atoms with Crippen molar-refractivity contribution in [3.63, 3.8) is 0 Å². The summed E-state index contributed by atoms with van der Waals surface area (Å²) in [6.45, 7) is 8.80. The Balaban J connectivity index is 1.68. The number of hydrogen-bond donors (Lipinski definition) is 1. The molecule has 0 unspecified atom stereocenters. The van der Waals surface area contributed by atoms with Crippen LogP contribution >= 0.6 is 0 Å². The molecule has 1 aliphatic heterocycles. The summed E-state index contributed by atoms with van der Waals surface area (Å²) in [5.74, 6) is 1.04. The Morgan fingerprint density at radius 1 is 1.30 bits per heavy atom. The third kappa shape index (κ3) is 3.45. The second-order valence-corrected chi connectivity index (χ2v) is 6.91. The van der Waals surface area contributed by atoms with Crippen molar-refractivity contribution in [2.45, 2.75) is 39.2 Å². The fourth-order valence-electron chi connectivity index (χ4n) is 2.84. The second kappa shape index (κ2) is 5.65. The van der Waals surface area contributed by atoms with E-state index < -0.39 is 0 Å². The van der Waals surface area contributed by atoms with Gasteiger partial charge < -0.3 is 15.0 Å². The second-order valence-electron chi connectivity index (χ2n) is 6.91. The molecule has 0 bridgehead atoms. The summed E-state index contributed by atoms with van der Waals surface area (Å²) in [4.78, 5) is 2.50. The fourth-order valence-corrected chi connectivity index (χ4v) is 2.84. The van der Waals surface area contributed by atoms with Crippen LogP contribution < -0.4 is 15.0 Å². The Bertz CT molecular complexity index is 454. The van der Waals surface area contributed by atoms with Crippen LogP contribution in [0.2, 0.25) is 0 Å². The van der Waals surface area contributed by atoms with E-state index in [-0.39, 0.29) is 5.41 Å². The molecule has 3 nitrogen and oxygen atoms in total. The van der Waals surface area contributed by atoms with Gasteiger partial charge in [0.15, 0.2) is 0 Å². The Morgan fingerprint density at radius 2 is 2.10 bits per heavy atom. The number of hydrogen-bond acceptors (Lipinski definition) is 3. The number of fused-ring (bicyclic) bond motifs is 1. The van der Waals surface area contributed by atoms with Crippen molar-refractivity contribution in [1.82, 2.24) is 5.32 Å². The highest BCUT2D eigenvalue weighted by molar-refractivity contribution is 5.59. The molecule has 1 fully saturated rings. The Labute approximate surface area is 122 Å². The SMILES string of the molecule is CC(C)(CNC1CC1)CN1CCCOc2ccccc21. The van der Waals surface area contributed by atoms with Gasteiger partial charge in [-0.3, -0.25) is 0 Å². The molecule has 0 amide bonds. The van der Waals surface area contributed by atoms with Crippen LogP contribution in [0.4, 0.5) is 5.69 Å². The molecule has 0 saturated heterocycles. The monoisotopic (exact) mass is 274 g/mol. The lowest BCUT2D eigenvalue weighted by molar-refractivity contribution is 0.319. The molecular formula is C17H26N2O. The van der Waals surface area contributed by atoms with Crippen molar-refractivity contribution in [2.24, 2.45) is 5.41 Å². The molecule has 1 aliphatic carbocycles. The van der Waals surface area contributed by atoms with Crippen LogP contribution in [0, 0.1) is 5.41 Å². The van der Waals surface area contributed by atoms with Crippen LogP contribution in [0.15, 0.2) is 24.3 Å². The Hall–Kier alpha value is -1.22. The third-order valence-corrected chi connectivity index (χ3v) is 4.10. The minimum absolute atomic E-state index is 0.278. The van der Waals surface area contributed by atoms with Gasteiger partial charge in [-0.2, -0.15) is 0 Å². The molecule has 1 aromatic carbocycles. The molecule has 2 aliphatic rings. The number of para-hydroxylation sites is 2. The topological polar surface area (TPSA) is 24.5 Å². The maximum absolute atomic E-state index is 5.84. The summed E-state index contributed by atoms with van der Waals surface area (Å²) >= 11 is 0. The van der Waals surface area contributed by atoms with Gasteiger partial charge in [0.05, 0.1) is 12.3 Å². The lowest BCUT2D eigenvalue weighted by atomic mass is 9.92. The van der Waals surface area contributed by atoms with Crippen LogP contribution in [-0.4, -0.2) is 32.3 Å². The van der Waals surface area contributed by atoms with Crippen LogP contribution in [-0.2, 0) is 0 Å². The molecule has 1 heterocycles. The first kappa shape index (κ1) is 13.7. The first-order valence-corrected chi connectivity index (χ1v) is 7.84. The van der Waals surface area contributed by atoms with E-state index in [0.29, 0.717) is 0 Å². The van der Waals surface area contributed by atoms with Crippen molar-refractivity contribution in [2.75, 3.05) is 31.1 Å². The molecule has 0 spiro atoms. The molecule has 20 heavy (non-hydrogen) atoms. The summed E-state index contributed by atoms with van der Waals surface area (Å²) < 4.78 is 5.84. The van der Waals surface area contributed by atoms with E-state index in [0.717, 1.165) is 44.5 Å². The van der Waals surface area contributed by atoms with Gasteiger partial charge in [-0.1, -0.05) is 26.0 Å². The van der Waals surface area contributed by atoms with E-state index in [2.05, 4.69) is 48.3 Å². The molecule has 110 valence electrons. The Morgan fingerprint density at radius 3 is 2.90 bits per heavy atom. The summed E-state index contributed by atoms with van der Waals surface area (Å²) in [6.07, 6.45) is 3.81. The lowest BCUT2D eigenvalue weighted by Gasteiger charge is -2.34. The van der Waals surface area contributed by atoms with Crippen molar-refractivity contribution in [1.29, 1.82) is 0 Å².